The van der Waals surface area contributed by atoms with Crippen LogP contribution in [0.4, 0.5) is 0 Å². The number of carbonyl (C=O) groups is 1. The lowest BCUT2D eigenvalue weighted by atomic mass is 10.0. The first-order valence-corrected chi connectivity index (χ1v) is 10.3. The molecule has 0 fully saturated rings. The van der Waals surface area contributed by atoms with Crippen molar-refractivity contribution in [1.82, 2.24) is 9.97 Å². The molecule has 0 aliphatic carbocycles. The summed E-state index contributed by atoms with van der Waals surface area (Å²) in [6.07, 6.45) is 0.200. The molecule has 31 heavy (non-hydrogen) atoms. The Bertz CT molecular complexity index is 1240. The van der Waals surface area contributed by atoms with E-state index in [1.165, 1.54) is 0 Å². The Morgan fingerprint density at radius 1 is 0.968 bits per heavy atom. The van der Waals surface area contributed by atoms with Gasteiger partial charge in [0.15, 0.2) is 5.78 Å². The van der Waals surface area contributed by atoms with E-state index in [2.05, 4.69) is 9.97 Å². The number of ketones is 1. The molecule has 4 aromatic rings. The van der Waals surface area contributed by atoms with E-state index in [9.17, 15) is 4.79 Å². The highest BCUT2D eigenvalue weighted by Crippen LogP contribution is 2.31. The SMILES string of the molecule is COc1cc(OC)cc(C(=O)Cc2ccc(Cl)c(-c3nc4cc(Cl)c(C)cc4[nH]3)c2)c1. The van der Waals surface area contributed by atoms with Crippen LogP contribution >= 0.6 is 23.2 Å². The fraction of sp³-hybridized carbons (Fsp3) is 0.167. The number of hydrogen-bond donors (Lipinski definition) is 1. The van der Waals surface area contributed by atoms with Crippen molar-refractivity contribution in [2.75, 3.05) is 14.2 Å². The molecule has 0 amide bonds. The summed E-state index contributed by atoms with van der Waals surface area (Å²) in [4.78, 5) is 20.8. The second kappa shape index (κ2) is 8.61. The van der Waals surface area contributed by atoms with Gasteiger partial charge in [0.25, 0.3) is 0 Å². The van der Waals surface area contributed by atoms with Gasteiger partial charge in [0.2, 0.25) is 0 Å². The lowest BCUT2D eigenvalue weighted by Gasteiger charge is -2.09. The lowest BCUT2D eigenvalue weighted by Crippen LogP contribution is -2.05. The van der Waals surface area contributed by atoms with Crippen molar-refractivity contribution in [2.24, 2.45) is 0 Å². The molecule has 0 bridgehead atoms. The van der Waals surface area contributed by atoms with Crippen LogP contribution in [0.5, 0.6) is 11.5 Å². The quantitative estimate of drug-likeness (QED) is 0.347. The third kappa shape index (κ3) is 4.38. The Balaban J connectivity index is 1.66. The van der Waals surface area contributed by atoms with Crippen LogP contribution in [0.2, 0.25) is 10.0 Å². The molecule has 7 heteroatoms. The number of hydrogen-bond acceptors (Lipinski definition) is 4. The van der Waals surface area contributed by atoms with Crippen LogP contribution in [-0.2, 0) is 6.42 Å². The Morgan fingerprint density at radius 2 is 1.68 bits per heavy atom. The van der Waals surface area contributed by atoms with E-state index in [4.69, 9.17) is 32.7 Å². The number of aryl methyl sites for hydroxylation is 1. The molecule has 158 valence electrons. The number of aromatic amines is 1. The first-order chi connectivity index (χ1) is 14.9. The molecule has 0 aliphatic heterocycles. The van der Waals surface area contributed by atoms with Crippen molar-refractivity contribution in [3.63, 3.8) is 0 Å². The van der Waals surface area contributed by atoms with Crippen molar-refractivity contribution in [1.29, 1.82) is 0 Å². The summed E-state index contributed by atoms with van der Waals surface area (Å²) in [7, 11) is 3.10. The predicted molar refractivity (Wildman–Crippen MR) is 124 cm³/mol. The minimum absolute atomic E-state index is 0.0579. The highest BCUT2D eigenvalue weighted by Gasteiger charge is 2.15. The number of halogens is 2. The maximum absolute atomic E-state index is 12.9. The van der Waals surface area contributed by atoms with Gasteiger partial charge in [-0.05, 0) is 54.4 Å². The van der Waals surface area contributed by atoms with Crippen LogP contribution in [-0.4, -0.2) is 30.0 Å². The summed E-state index contributed by atoms with van der Waals surface area (Å²) in [6, 6.07) is 14.4. The number of imidazole rings is 1. The first-order valence-electron chi connectivity index (χ1n) is 9.59. The Labute approximate surface area is 189 Å². The van der Waals surface area contributed by atoms with Gasteiger partial charge in [-0.3, -0.25) is 4.79 Å². The molecule has 1 N–H and O–H groups in total. The molecule has 1 aromatic heterocycles. The normalized spacial score (nSPS) is 11.0. The van der Waals surface area contributed by atoms with E-state index in [-0.39, 0.29) is 12.2 Å². The summed E-state index contributed by atoms with van der Waals surface area (Å²) < 4.78 is 10.5. The number of fused-ring (bicyclic) bond motifs is 1. The van der Waals surface area contributed by atoms with Gasteiger partial charge in [0.05, 0.1) is 30.3 Å². The first kappa shape index (κ1) is 21.2. The predicted octanol–water partition coefficient (Wildman–Crippen LogP) is 6.29. The average molecular weight is 455 g/mol. The van der Waals surface area contributed by atoms with Crippen molar-refractivity contribution in [2.45, 2.75) is 13.3 Å². The van der Waals surface area contributed by atoms with E-state index in [0.29, 0.717) is 32.9 Å². The fourth-order valence-corrected chi connectivity index (χ4v) is 3.75. The standard InChI is InChI=1S/C24H20Cl2N2O3/c1-13-6-21-22(12-20(13)26)28-24(27-21)18-7-14(4-5-19(18)25)8-23(29)15-9-16(30-2)11-17(10-15)31-3/h4-7,9-12H,8H2,1-3H3,(H,27,28). The summed E-state index contributed by atoms with van der Waals surface area (Å²) in [5.74, 6) is 1.70. The van der Waals surface area contributed by atoms with Crippen LogP contribution in [0, 0.1) is 6.92 Å². The number of Topliss-reactive ketones (excluding diaryl/α,β-unsaturated/α-hetero) is 1. The molecule has 5 nitrogen and oxygen atoms in total. The van der Waals surface area contributed by atoms with E-state index in [0.717, 1.165) is 27.7 Å². The number of nitrogens with zero attached hydrogens (tertiary/aromatic N) is 1. The molecule has 0 unspecified atom stereocenters. The van der Waals surface area contributed by atoms with Crippen LogP contribution in [0.15, 0.2) is 48.5 Å². The van der Waals surface area contributed by atoms with Gasteiger partial charge in [0, 0.05) is 28.6 Å². The number of methoxy groups -OCH3 is 2. The third-order valence-electron chi connectivity index (χ3n) is 5.09. The molecule has 0 atom stereocenters. The summed E-state index contributed by atoms with van der Waals surface area (Å²) in [5, 5.41) is 1.20. The van der Waals surface area contributed by atoms with Crippen LogP contribution in [0.1, 0.15) is 21.5 Å². The van der Waals surface area contributed by atoms with Crippen LogP contribution in [0.3, 0.4) is 0 Å². The van der Waals surface area contributed by atoms with E-state index in [1.807, 2.05) is 31.2 Å². The lowest BCUT2D eigenvalue weighted by molar-refractivity contribution is 0.0992. The molecule has 3 aromatic carbocycles. The minimum atomic E-state index is -0.0579. The molecular formula is C24H20Cl2N2O3. The van der Waals surface area contributed by atoms with Gasteiger partial charge < -0.3 is 14.5 Å². The second-order valence-corrected chi connectivity index (χ2v) is 8.03. The monoisotopic (exact) mass is 454 g/mol. The van der Waals surface area contributed by atoms with Crippen LogP contribution < -0.4 is 9.47 Å². The van der Waals surface area contributed by atoms with Gasteiger partial charge in [-0.15, -0.1) is 0 Å². The van der Waals surface area contributed by atoms with Gasteiger partial charge in [-0.25, -0.2) is 4.98 Å². The summed E-state index contributed by atoms with van der Waals surface area (Å²) in [6.45, 7) is 1.94. The Kier molecular flexibility index (Phi) is 5.90. The highest BCUT2D eigenvalue weighted by molar-refractivity contribution is 6.33. The second-order valence-electron chi connectivity index (χ2n) is 7.22. The molecule has 0 radical (unpaired) electrons. The largest absolute Gasteiger partial charge is 0.497 e. The topological polar surface area (TPSA) is 64.2 Å². The third-order valence-corrected chi connectivity index (χ3v) is 5.82. The number of carbonyl (C=O) groups excluding carboxylic acids is 1. The van der Waals surface area contributed by atoms with Gasteiger partial charge in [-0.1, -0.05) is 29.3 Å². The highest BCUT2D eigenvalue weighted by atomic mass is 35.5. The Morgan fingerprint density at radius 3 is 2.35 bits per heavy atom. The van der Waals surface area contributed by atoms with Gasteiger partial charge in [-0.2, -0.15) is 0 Å². The van der Waals surface area contributed by atoms with Gasteiger partial charge in [0.1, 0.15) is 17.3 Å². The maximum atomic E-state index is 12.9. The number of benzene rings is 3. The van der Waals surface area contributed by atoms with Crippen molar-refractivity contribution in [3.8, 4) is 22.9 Å². The number of aromatic nitrogens is 2. The van der Waals surface area contributed by atoms with Crippen molar-refractivity contribution >= 4 is 40.0 Å². The molecule has 0 spiro atoms. The zero-order valence-corrected chi connectivity index (χ0v) is 18.8. The van der Waals surface area contributed by atoms with Crippen LogP contribution in [0.25, 0.3) is 22.4 Å². The zero-order valence-electron chi connectivity index (χ0n) is 17.3. The van der Waals surface area contributed by atoms with E-state index < -0.39 is 0 Å². The van der Waals surface area contributed by atoms with Gasteiger partial charge >= 0.3 is 0 Å². The molecule has 0 saturated carbocycles. The molecule has 0 aliphatic rings. The fourth-order valence-electron chi connectivity index (χ4n) is 3.39. The number of H-pyrrole nitrogens is 1. The zero-order chi connectivity index (χ0) is 22.1. The minimum Gasteiger partial charge on any atom is -0.497 e. The molecule has 4 rings (SSSR count). The number of rotatable bonds is 6. The molecular weight excluding hydrogens is 435 g/mol. The average Bonchev–Trinajstić information content (AvgIpc) is 3.17. The smallest absolute Gasteiger partial charge is 0.167 e. The Hall–Kier alpha value is -3.02. The summed E-state index contributed by atoms with van der Waals surface area (Å²) in [5.41, 5.74) is 4.65. The number of ether oxygens (including phenoxy) is 2. The van der Waals surface area contributed by atoms with E-state index >= 15 is 0 Å². The van der Waals surface area contributed by atoms with E-state index in [1.54, 1.807) is 38.5 Å². The van der Waals surface area contributed by atoms with Crippen molar-refractivity contribution in [3.05, 3.63) is 75.3 Å². The van der Waals surface area contributed by atoms with Crippen molar-refractivity contribution < 1.29 is 14.3 Å². The molecule has 1 heterocycles. The summed E-state index contributed by atoms with van der Waals surface area (Å²) >= 11 is 12.7. The number of nitrogens with one attached hydrogen (secondary N) is 1. The molecule has 0 saturated heterocycles. The maximum Gasteiger partial charge on any atom is 0.167 e.